The molecule has 3 unspecified atom stereocenters. The molecule has 0 aliphatic heterocycles. The molecule has 2 aliphatic rings. The van der Waals surface area contributed by atoms with Crippen LogP contribution < -0.4 is 0 Å². The number of Topliss-reactive ketones (excluding diaryl/α,β-unsaturated/α-hetero) is 1. The summed E-state index contributed by atoms with van der Waals surface area (Å²) < 4.78 is 0. The second-order valence-electron chi connectivity index (χ2n) is 7.33. The molecule has 0 radical (unpaired) electrons. The van der Waals surface area contributed by atoms with Crippen molar-refractivity contribution in [3.8, 4) is 0 Å². The van der Waals surface area contributed by atoms with Crippen LogP contribution in [-0.4, -0.2) is 5.78 Å². The van der Waals surface area contributed by atoms with Gasteiger partial charge < -0.3 is 0 Å². The molecule has 2 rings (SSSR count). The van der Waals surface area contributed by atoms with E-state index in [4.69, 9.17) is 0 Å². The fourth-order valence-corrected chi connectivity index (χ4v) is 4.23. The predicted molar refractivity (Wildman–Crippen MR) is 76.5 cm³/mol. The first kappa shape index (κ1) is 14.1. The van der Waals surface area contributed by atoms with Crippen LogP contribution in [0.5, 0.6) is 0 Å². The SMILES string of the molecule is CCC1CCCC(C(=O)C2CCCCC2(C)C)C1. The highest BCUT2D eigenvalue weighted by Crippen LogP contribution is 2.44. The number of carbonyl (C=O) groups excluding carboxylic acids is 1. The summed E-state index contributed by atoms with van der Waals surface area (Å²) in [5.41, 5.74) is 0.258. The maximum Gasteiger partial charge on any atom is 0.139 e. The van der Waals surface area contributed by atoms with Gasteiger partial charge in [0.05, 0.1) is 0 Å². The molecule has 0 heterocycles. The summed E-state index contributed by atoms with van der Waals surface area (Å²) >= 11 is 0. The molecule has 0 saturated heterocycles. The first-order chi connectivity index (χ1) is 8.54. The fourth-order valence-electron chi connectivity index (χ4n) is 4.23. The monoisotopic (exact) mass is 250 g/mol. The first-order valence-corrected chi connectivity index (χ1v) is 8.08. The Morgan fingerprint density at radius 1 is 1.11 bits per heavy atom. The second-order valence-corrected chi connectivity index (χ2v) is 7.33. The van der Waals surface area contributed by atoms with Crippen molar-refractivity contribution in [3.63, 3.8) is 0 Å². The van der Waals surface area contributed by atoms with Crippen molar-refractivity contribution in [2.45, 2.75) is 78.6 Å². The minimum atomic E-state index is 0.258. The van der Waals surface area contributed by atoms with Crippen LogP contribution in [0, 0.1) is 23.2 Å². The topological polar surface area (TPSA) is 17.1 Å². The molecule has 1 nitrogen and oxygen atoms in total. The molecule has 0 aromatic rings. The zero-order valence-electron chi connectivity index (χ0n) is 12.5. The largest absolute Gasteiger partial charge is 0.299 e. The van der Waals surface area contributed by atoms with Crippen LogP contribution in [0.4, 0.5) is 0 Å². The Balaban J connectivity index is 2.01. The van der Waals surface area contributed by atoms with Gasteiger partial charge in [-0.3, -0.25) is 4.79 Å². The molecule has 0 bridgehead atoms. The van der Waals surface area contributed by atoms with E-state index < -0.39 is 0 Å². The number of ketones is 1. The number of hydrogen-bond donors (Lipinski definition) is 0. The Bertz CT molecular complexity index is 292. The van der Waals surface area contributed by atoms with Gasteiger partial charge in [-0.2, -0.15) is 0 Å². The fraction of sp³-hybridized carbons (Fsp3) is 0.941. The Labute approximate surface area is 113 Å². The van der Waals surface area contributed by atoms with Gasteiger partial charge in [-0.25, -0.2) is 0 Å². The first-order valence-electron chi connectivity index (χ1n) is 8.08. The standard InChI is InChI=1S/C17H30O/c1-4-13-8-7-9-14(12-13)16(18)15-10-5-6-11-17(15,2)3/h13-15H,4-12H2,1-3H3. The van der Waals surface area contributed by atoms with Gasteiger partial charge in [0, 0.05) is 11.8 Å². The van der Waals surface area contributed by atoms with Crippen LogP contribution in [0.1, 0.15) is 78.6 Å². The average Bonchev–Trinajstić information content (AvgIpc) is 2.37. The lowest BCUT2D eigenvalue weighted by molar-refractivity contribution is -0.133. The van der Waals surface area contributed by atoms with Crippen LogP contribution in [0.2, 0.25) is 0 Å². The smallest absolute Gasteiger partial charge is 0.139 e. The van der Waals surface area contributed by atoms with Gasteiger partial charge >= 0.3 is 0 Å². The lowest BCUT2D eigenvalue weighted by Gasteiger charge is -2.40. The molecule has 0 spiro atoms. The van der Waals surface area contributed by atoms with Crippen molar-refractivity contribution >= 4 is 5.78 Å². The molecule has 1 heteroatoms. The van der Waals surface area contributed by atoms with E-state index >= 15 is 0 Å². The quantitative estimate of drug-likeness (QED) is 0.689. The third-order valence-electron chi connectivity index (χ3n) is 5.61. The van der Waals surface area contributed by atoms with Crippen LogP contribution in [0.25, 0.3) is 0 Å². The van der Waals surface area contributed by atoms with Crippen molar-refractivity contribution < 1.29 is 4.79 Å². The van der Waals surface area contributed by atoms with E-state index in [1.54, 1.807) is 0 Å². The van der Waals surface area contributed by atoms with Crippen molar-refractivity contribution in [2.75, 3.05) is 0 Å². The zero-order chi connectivity index (χ0) is 13.2. The van der Waals surface area contributed by atoms with E-state index in [2.05, 4.69) is 20.8 Å². The normalized spacial score (nSPS) is 36.3. The molecule has 0 aromatic carbocycles. The lowest BCUT2D eigenvalue weighted by atomic mass is 9.63. The minimum absolute atomic E-state index is 0.258. The third kappa shape index (κ3) is 2.97. The van der Waals surface area contributed by atoms with Crippen molar-refractivity contribution in [2.24, 2.45) is 23.2 Å². The van der Waals surface area contributed by atoms with Crippen molar-refractivity contribution in [3.05, 3.63) is 0 Å². The van der Waals surface area contributed by atoms with E-state index in [9.17, 15) is 4.79 Å². The van der Waals surface area contributed by atoms with Gasteiger partial charge in [0.2, 0.25) is 0 Å². The van der Waals surface area contributed by atoms with Gasteiger partial charge in [0.25, 0.3) is 0 Å². The molecular weight excluding hydrogens is 220 g/mol. The molecule has 0 amide bonds. The summed E-state index contributed by atoms with van der Waals surface area (Å²) in [7, 11) is 0. The molecule has 3 atom stereocenters. The van der Waals surface area contributed by atoms with Gasteiger partial charge in [-0.15, -0.1) is 0 Å². The summed E-state index contributed by atoms with van der Waals surface area (Å²) in [6.07, 6.45) is 11.2. The Hall–Kier alpha value is -0.330. The highest BCUT2D eigenvalue weighted by atomic mass is 16.1. The van der Waals surface area contributed by atoms with Crippen LogP contribution in [0.15, 0.2) is 0 Å². The van der Waals surface area contributed by atoms with Gasteiger partial charge in [-0.05, 0) is 37.0 Å². The molecular formula is C17H30O. The van der Waals surface area contributed by atoms with Gasteiger partial charge in [0.1, 0.15) is 5.78 Å². The van der Waals surface area contributed by atoms with Crippen molar-refractivity contribution in [1.82, 2.24) is 0 Å². The average molecular weight is 250 g/mol. The number of hydrogen-bond acceptors (Lipinski definition) is 1. The maximum absolute atomic E-state index is 12.8. The summed E-state index contributed by atoms with van der Waals surface area (Å²) in [4.78, 5) is 12.8. The highest BCUT2D eigenvalue weighted by Gasteiger charge is 2.40. The summed E-state index contributed by atoms with van der Waals surface area (Å²) in [6, 6.07) is 0. The van der Waals surface area contributed by atoms with Crippen LogP contribution in [-0.2, 0) is 4.79 Å². The molecule has 2 fully saturated rings. The minimum Gasteiger partial charge on any atom is -0.299 e. The maximum atomic E-state index is 12.8. The third-order valence-corrected chi connectivity index (χ3v) is 5.61. The van der Waals surface area contributed by atoms with Gasteiger partial charge in [-0.1, -0.05) is 52.9 Å². The highest BCUT2D eigenvalue weighted by molar-refractivity contribution is 5.84. The summed E-state index contributed by atoms with van der Waals surface area (Å²) in [6.45, 7) is 6.91. The number of carbonyl (C=O) groups is 1. The van der Waals surface area contributed by atoms with Crippen molar-refractivity contribution in [1.29, 1.82) is 0 Å². The molecule has 0 aromatic heterocycles. The molecule has 18 heavy (non-hydrogen) atoms. The predicted octanol–water partition coefficient (Wildman–Crippen LogP) is 4.99. The van der Waals surface area contributed by atoms with E-state index in [0.717, 1.165) is 12.3 Å². The Kier molecular flexibility index (Phi) is 4.50. The van der Waals surface area contributed by atoms with E-state index in [1.165, 1.54) is 51.4 Å². The molecule has 2 aliphatic carbocycles. The summed E-state index contributed by atoms with van der Waals surface area (Å²) in [5, 5.41) is 0. The lowest BCUT2D eigenvalue weighted by Crippen LogP contribution is -2.38. The Morgan fingerprint density at radius 2 is 1.89 bits per heavy atom. The molecule has 2 saturated carbocycles. The molecule has 0 N–H and O–H groups in total. The molecule has 104 valence electrons. The van der Waals surface area contributed by atoms with Crippen LogP contribution >= 0.6 is 0 Å². The van der Waals surface area contributed by atoms with E-state index in [-0.39, 0.29) is 5.41 Å². The van der Waals surface area contributed by atoms with Crippen LogP contribution in [0.3, 0.4) is 0 Å². The van der Waals surface area contributed by atoms with E-state index in [1.807, 2.05) is 0 Å². The number of rotatable bonds is 3. The summed E-state index contributed by atoms with van der Waals surface area (Å²) in [5.74, 6) is 2.19. The Morgan fingerprint density at radius 3 is 2.56 bits per heavy atom. The second kappa shape index (κ2) is 5.75. The van der Waals surface area contributed by atoms with Gasteiger partial charge in [0.15, 0.2) is 0 Å². The van der Waals surface area contributed by atoms with E-state index in [0.29, 0.717) is 17.6 Å². The zero-order valence-corrected chi connectivity index (χ0v) is 12.5.